The predicted molar refractivity (Wildman–Crippen MR) is 44.0 cm³/mol. The summed E-state index contributed by atoms with van der Waals surface area (Å²) >= 11 is 2.80. The van der Waals surface area contributed by atoms with Crippen LogP contribution >= 0.6 is 15.9 Å². The van der Waals surface area contributed by atoms with Crippen molar-refractivity contribution in [2.75, 3.05) is 0 Å². The zero-order valence-corrected chi connectivity index (χ0v) is 7.82. The van der Waals surface area contributed by atoms with Gasteiger partial charge in [0.25, 0.3) is 0 Å². The Kier molecular flexibility index (Phi) is 3.08. The van der Waals surface area contributed by atoms with E-state index in [0.717, 1.165) is 0 Å². The molecule has 1 nitrogen and oxygen atoms in total. The van der Waals surface area contributed by atoms with Crippen molar-refractivity contribution in [1.82, 2.24) is 0 Å². The van der Waals surface area contributed by atoms with Gasteiger partial charge in [-0.1, -0.05) is 15.9 Å². The monoisotopic (exact) mass is 252 g/mol. The second-order valence-corrected chi connectivity index (χ2v) is 3.31. The van der Waals surface area contributed by atoms with Crippen LogP contribution in [0.4, 0.5) is 13.2 Å². The molecule has 70 valence electrons. The number of benzene rings is 1. The molecule has 1 rings (SSSR count). The number of carbonyl (C=O) groups excluding carboxylic acids is 1. The summed E-state index contributed by atoms with van der Waals surface area (Å²) in [5, 5.41) is 0. The van der Waals surface area contributed by atoms with E-state index in [-0.39, 0.29) is 5.56 Å². The van der Waals surface area contributed by atoms with Gasteiger partial charge in [0.1, 0.15) is 12.1 Å². The molecule has 5 heteroatoms. The van der Waals surface area contributed by atoms with Gasteiger partial charge in [0.2, 0.25) is 0 Å². The minimum absolute atomic E-state index is 0.214. The highest BCUT2D eigenvalue weighted by atomic mass is 79.9. The molecular formula is C8H4BrF3O. The number of alkyl halides is 1. The number of carbonyl (C=O) groups is 1. The smallest absolute Gasteiger partial charge is 0.161 e. The highest BCUT2D eigenvalue weighted by Crippen LogP contribution is 2.24. The molecule has 0 radical (unpaired) electrons. The van der Waals surface area contributed by atoms with Gasteiger partial charge in [0.15, 0.2) is 11.6 Å². The third kappa shape index (κ3) is 2.09. The van der Waals surface area contributed by atoms with Crippen LogP contribution in [0.3, 0.4) is 0 Å². The number of hydrogen-bond acceptors (Lipinski definition) is 1. The van der Waals surface area contributed by atoms with Crippen molar-refractivity contribution < 1.29 is 18.0 Å². The standard InChI is InChI=1S/C8H4BrF3O/c9-5(3-13)4-1-7(11)8(12)2-6(4)10/h1-3,5H. The molecule has 0 aromatic heterocycles. The molecule has 0 saturated heterocycles. The molecular weight excluding hydrogens is 249 g/mol. The molecule has 1 aromatic rings. The summed E-state index contributed by atoms with van der Waals surface area (Å²) in [7, 11) is 0. The summed E-state index contributed by atoms with van der Waals surface area (Å²) in [5.41, 5.74) is -0.214. The number of rotatable bonds is 2. The number of hydrogen-bond donors (Lipinski definition) is 0. The molecule has 0 N–H and O–H groups in total. The summed E-state index contributed by atoms with van der Waals surface area (Å²) in [6, 6.07) is 1.06. The molecule has 0 aliphatic heterocycles. The van der Waals surface area contributed by atoms with Crippen LogP contribution in [0.25, 0.3) is 0 Å². The maximum atomic E-state index is 12.9. The van der Waals surface area contributed by atoms with Gasteiger partial charge in [-0.05, 0) is 6.07 Å². The first kappa shape index (κ1) is 10.2. The van der Waals surface area contributed by atoms with Gasteiger partial charge >= 0.3 is 0 Å². The van der Waals surface area contributed by atoms with E-state index in [1.54, 1.807) is 0 Å². The fourth-order valence-electron chi connectivity index (χ4n) is 0.823. The fourth-order valence-corrected chi connectivity index (χ4v) is 1.17. The van der Waals surface area contributed by atoms with Crippen LogP contribution in [0, 0.1) is 17.5 Å². The van der Waals surface area contributed by atoms with E-state index in [1.807, 2.05) is 0 Å². The number of halogens is 4. The molecule has 0 aliphatic rings. The number of aldehydes is 1. The molecule has 0 spiro atoms. The first-order chi connectivity index (χ1) is 6.06. The van der Waals surface area contributed by atoms with Crippen molar-refractivity contribution in [2.45, 2.75) is 4.83 Å². The Labute approximate surface area is 80.7 Å². The highest BCUT2D eigenvalue weighted by molar-refractivity contribution is 9.09. The third-order valence-corrected chi connectivity index (χ3v) is 2.17. The van der Waals surface area contributed by atoms with Crippen molar-refractivity contribution in [3.8, 4) is 0 Å². The molecule has 0 saturated carbocycles. The zero-order valence-electron chi connectivity index (χ0n) is 6.23. The van der Waals surface area contributed by atoms with Gasteiger partial charge in [-0.15, -0.1) is 0 Å². The average molecular weight is 253 g/mol. The van der Waals surface area contributed by atoms with Crippen LogP contribution in [0.5, 0.6) is 0 Å². The van der Waals surface area contributed by atoms with E-state index in [4.69, 9.17) is 0 Å². The van der Waals surface area contributed by atoms with Crippen molar-refractivity contribution in [3.05, 3.63) is 35.1 Å². The van der Waals surface area contributed by atoms with Crippen molar-refractivity contribution in [3.63, 3.8) is 0 Å². The molecule has 1 unspecified atom stereocenters. The lowest BCUT2D eigenvalue weighted by Gasteiger charge is -2.04. The molecule has 0 amide bonds. The Morgan fingerprint density at radius 1 is 1.15 bits per heavy atom. The molecule has 0 heterocycles. The third-order valence-electron chi connectivity index (χ3n) is 1.46. The lowest BCUT2D eigenvalue weighted by atomic mass is 10.1. The van der Waals surface area contributed by atoms with Crippen LogP contribution in [0.2, 0.25) is 0 Å². The molecule has 1 aromatic carbocycles. The quantitative estimate of drug-likeness (QED) is 0.450. The molecule has 1 atom stereocenters. The van der Waals surface area contributed by atoms with Gasteiger partial charge in [-0.3, -0.25) is 0 Å². The van der Waals surface area contributed by atoms with E-state index in [1.165, 1.54) is 0 Å². The Balaban J connectivity index is 3.22. The normalized spacial score (nSPS) is 12.6. The minimum Gasteiger partial charge on any atom is -0.302 e. The van der Waals surface area contributed by atoms with Gasteiger partial charge in [-0.2, -0.15) is 0 Å². The minimum atomic E-state index is -1.27. The van der Waals surface area contributed by atoms with Gasteiger partial charge in [-0.25, -0.2) is 13.2 Å². The van der Waals surface area contributed by atoms with Crippen LogP contribution in [-0.2, 0) is 4.79 Å². The predicted octanol–water partition coefficient (Wildman–Crippen LogP) is 2.74. The summed E-state index contributed by atoms with van der Waals surface area (Å²) in [6.45, 7) is 0. The van der Waals surface area contributed by atoms with Crippen LogP contribution in [-0.4, -0.2) is 6.29 Å². The fraction of sp³-hybridized carbons (Fsp3) is 0.125. The first-order valence-corrected chi connectivity index (χ1v) is 4.21. The van der Waals surface area contributed by atoms with Crippen LogP contribution < -0.4 is 0 Å². The van der Waals surface area contributed by atoms with Gasteiger partial charge in [0.05, 0.1) is 4.83 Å². The molecule has 13 heavy (non-hydrogen) atoms. The largest absolute Gasteiger partial charge is 0.302 e. The molecule has 0 bridgehead atoms. The lowest BCUT2D eigenvalue weighted by Crippen LogP contribution is -1.98. The van der Waals surface area contributed by atoms with E-state index in [2.05, 4.69) is 15.9 Å². The summed E-state index contributed by atoms with van der Waals surface area (Å²) in [4.78, 5) is 9.27. The van der Waals surface area contributed by atoms with Gasteiger partial charge in [0, 0.05) is 11.6 Å². The van der Waals surface area contributed by atoms with E-state index in [0.29, 0.717) is 18.4 Å². The maximum absolute atomic E-state index is 12.9. The summed E-state index contributed by atoms with van der Waals surface area (Å²) < 4.78 is 37.9. The van der Waals surface area contributed by atoms with Crippen molar-refractivity contribution >= 4 is 22.2 Å². The van der Waals surface area contributed by atoms with Crippen LogP contribution in [0.15, 0.2) is 12.1 Å². The SMILES string of the molecule is O=CC(Br)c1cc(F)c(F)cc1F. The highest BCUT2D eigenvalue weighted by Gasteiger charge is 2.15. The zero-order chi connectivity index (χ0) is 10.0. The molecule has 0 aliphatic carbocycles. The summed E-state index contributed by atoms with van der Waals surface area (Å²) in [6.07, 6.45) is 0.385. The lowest BCUT2D eigenvalue weighted by molar-refractivity contribution is -0.107. The Hall–Kier alpha value is -0.840. The molecule has 0 fully saturated rings. The maximum Gasteiger partial charge on any atom is 0.161 e. The Bertz CT molecular complexity index is 340. The Morgan fingerprint density at radius 2 is 1.69 bits per heavy atom. The van der Waals surface area contributed by atoms with E-state index in [9.17, 15) is 18.0 Å². The van der Waals surface area contributed by atoms with E-state index >= 15 is 0 Å². The summed E-state index contributed by atoms with van der Waals surface area (Å²) in [5.74, 6) is -3.40. The topological polar surface area (TPSA) is 17.1 Å². The van der Waals surface area contributed by atoms with Crippen molar-refractivity contribution in [1.29, 1.82) is 0 Å². The van der Waals surface area contributed by atoms with Crippen LogP contribution in [0.1, 0.15) is 10.4 Å². The van der Waals surface area contributed by atoms with Gasteiger partial charge < -0.3 is 4.79 Å². The first-order valence-electron chi connectivity index (χ1n) is 3.30. The Morgan fingerprint density at radius 3 is 2.23 bits per heavy atom. The second kappa shape index (κ2) is 3.91. The van der Waals surface area contributed by atoms with Crippen molar-refractivity contribution in [2.24, 2.45) is 0 Å². The average Bonchev–Trinajstić information content (AvgIpc) is 2.10. The van der Waals surface area contributed by atoms with E-state index < -0.39 is 22.3 Å². The second-order valence-electron chi connectivity index (χ2n) is 2.33.